The number of imidazole rings is 1. The second-order valence-electron chi connectivity index (χ2n) is 3.68. The van der Waals surface area contributed by atoms with Gasteiger partial charge in [0.05, 0.1) is 18.9 Å². The number of hydrogen-bond donors (Lipinski definition) is 2. The first-order chi connectivity index (χ1) is 8.35. The van der Waals surface area contributed by atoms with E-state index in [0.717, 1.165) is 0 Å². The van der Waals surface area contributed by atoms with E-state index < -0.39 is 22.1 Å². The van der Waals surface area contributed by atoms with Crippen molar-refractivity contribution in [2.24, 2.45) is 7.05 Å². The van der Waals surface area contributed by atoms with Gasteiger partial charge in [-0.15, -0.1) is 0 Å². The number of hydrogen-bond acceptors (Lipinski definition) is 5. The number of rotatable bonds is 7. The minimum atomic E-state index is -3.74. The van der Waals surface area contributed by atoms with Crippen LogP contribution in [0, 0.1) is 0 Å². The third-order valence-electron chi connectivity index (χ3n) is 2.19. The number of sulfonamides is 1. The van der Waals surface area contributed by atoms with Crippen LogP contribution in [-0.2, 0) is 26.6 Å². The summed E-state index contributed by atoms with van der Waals surface area (Å²) in [6, 6.07) is 0. The van der Waals surface area contributed by atoms with Gasteiger partial charge < -0.3 is 14.4 Å². The SMILES string of the molecule is COC(CNS(=O)(=O)c1cn(C)cn1)CC(=O)O. The summed E-state index contributed by atoms with van der Waals surface area (Å²) in [5.41, 5.74) is 0. The molecule has 0 aliphatic carbocycles. The maximum atomic E-state index is 11.8. The lowest BCUT2D eigenvalue weighted by Crippen LogP contribution is -2.34. The van der Waals surface area contributed by atoms with Crippen LogP contribution in [0.3, 0.4) is 0 Å². The second-order valence-corrected chi connectivity index (χ2v) is 5.40. The molecule has 1 unspecified atom stereocenters. The van der Waals surface area contributed by atoms with Gasteiger partial charge in [0.1, 0.15) is 0 Å². The predicted molar refractivity (Wildman–Crippen MR) is 61.4 cm³/mol. The van der Waals surface area contributed by atoms with E-state index >= 15 is 0 Å². The zero-order chi connectivity index (χ0) is 13.8. The molecule has 1 atom stereocenters. The highest BCUT2D eigenvalue weighted by Crippen LogP contribution is 2.05. The highest BCUT2D eigenvalue weighted by atomic mass is 32.2. The van der Waals surface area contributed by atoms with Crippen LogP contribution in [0.4, 0.5) is 0 Å². The minimum absolute atomic E-state index is 0.116. The molecule has 2 N–H and O–H groups in total. The lowest BCUT2D eigenvalue weighted by molar-refractivity contribution is -0.139. The summed E-state index contributed by atoms with van der Waals surface area (Å²) in [5, 5.41) is 8.48. The van der Waals surface area contributed by atoms with E-state index in [2.05, 4.69) is 9.71 Å². The first-order valence-corrected chi connectivity index (χ1v) is 6.55. The Morgan fingerprint density at radius 3 is 2.78 bits per heavy atom. The van der Waals surface area contributed by atoms with Gasteiger partial charge in [-0.3, -0.25) is 4.79 Å². The predicted octanol–water partition coefficient (Wildman–Crippen LogP) is -0.812. The van der Waals surface area contributed by atoms with Crippen molar-refractivity contribution >= 4 is 16.0 Å². The van der Waals surface area contributed by atoms with Crippen LogP contribution in [0.25, 0.3) is 0 Å². The van der Waals surface area contributed by atoms with Gasteiger partial charge in [0.2, 0.25) is 0 Å². The number of nitrogens with one attached hydrogen (secondary N) is 1. The van der Waals surface area contributed by atoms with E-state index in [4.69, 9.17) is 9.84 Å². The fraction of sp³-hybridized carbons (Fsp3) is 0.556. The zero-order valence-corrected chi connectivity index (χ0v) is 10.8. The molecule has 0 fully saturated rings. The van der Waals surface area contributed by atoms with Crippen LogP contribution in [0.15, 0.2) is 17.6 Å². The monoisotopic (exact) mass is 277 g/mol. The molecule has 0 aliphatic rings. The number of nitrogens with zero attached hydrogens (tertiary/aromatic N) is 2. The number of carboxylic acids is 1. The lowest BCUT2D eigenvalue weighted by atomic mass is 10.2. The molecule has 1 rings (SSSR count). The van der Waals surface area contributed by atoms with E-state index in [-0.39, 0.29) is 18.0 Å². The molecule has 0 saturated carbocycles. The molecule has 0 radical (unpaired) electrons. The third-order valence-corrected chi connectivity index (χ3v) is 3.50. The molecule has 8 nitrogen and oxygen atoms in total. The van der Waals surface area contributed by atoms with Gasteiger partial charge >= 0.3 is 5.97 Å². The standard InChI is InChI=1S/C9H15N3O5S/c1-12-5-8(10-6-12)18(15,16)11-4-7(17-2)3-9(13)14/h5-7,11H,3-4H2,1-2H3,(H,13,14). The van der Waals surface area contributed by atoms with Crippen LogP contribution >= 0.6 is 0 Å². The Kier molecular flexibility index (Phi) is 4.82. The van der Waals surface area contributed by atoms with Gasteiger partial charge in [0, 0.05) is 26.9 Å². The van der Waals surface area contributed by atoms with Crippen molar-refractivity contribution < 1.29 is 23.1 Å². The molecule has 102 valence electrons. The quantitative estimate of drug-likeness (QED) is 0.674. The molecule has 0 saturated heterocycles. The second kappa shape index (κ2) is 5.94. The maximum Gasteiger partial charge on any atom is 0.306 e. The van der Waals surface area contributed by atoms with E-state index in [1.807, 2.05) is 0 Å². The summed E-state index contributed by atoms with van der Waals surface area (Å²) >= 11 is 0. The molecule has 0 spiro atoms. The number of methoxy groups -OCH3 is 1. The van der Waals surface area contributed by atoms with E-state index in [1.165, 1.54) is 24.2 Å². The molecule has 0 amide bonds. The van der Waals surface area contributed by atoms with Crippen LogP contribution in [0.5, 0.6) is 0 Å². The molecule has 1 aromatic heterocycles. The van der Waals surface area contributed by atoms with Crippen LogP contribution in [0.2, 0.25) is 0 Å². The van der Waals surface area contributed by atoms with Crippen molar-refractivity contribution in [2.45, 2.75) is 17.6 Å². The van der Waals surface area contributed by atoms with Crippen molar-refractivity contribution in [1.29, 1.82) is 0 Å². The van der Waals surface area contributed by atoms with Crippen LogP contribution in [-0.4, -0.2) is 48.8 Å². The number of aromatic nitrogens is 2. The van der Waals surface area contributed by atoms with Crippen molar-refractivity contribution in [1.82, 2.24) is 14.3 Å². The Labute approximate surface area is 105 Å². The fourth-order valence-corrected chi connectivity index (χ4v) is 2.28. The van der Waals surface area contributed by atoms with Crippen molar-refractivity contribution in [3.05, 3.63) is 12.5 Å². The average Bonchev–Trinajstić information content (AvgIpc) is 2.71. The summed E-state index contributed by atoms with van der Waals surface area (Å²) in [6.45, 7) is -0.123. The summed E-state index contributed by atoms with van der Waals surface area (Å²) in [7, 11) is -0.766. The number of carboxylic acid groups (broad SMARTS) is 1. The highest BCUT2D eigenvalue weighted by Gasteiger charge is 2.20. The normalized spacial score (nSPS) is 13.4. The van der Waals surface area contributed by atoms with Crippen molar-refractivity contribution in [3.63, 3.8) is 0 Å². The molecular weight excluding hydrogens is 262 g/mol. The minimum Gasteiger partial charge on any atom is -0.481 e. The molecule has 0 aliphatic heterocycles. The smallest absolute Gasteiger partial charge is 0.306 e. The number of carbonyl (C=O) groups is 1. The van der Waals surface area contributed by atoms with Crippen molar-refractivity contribution in [3.8, 4) is 0 Å². The largest absolute Gasteiger partial charge is 0.481 e. The van der Waals surface area contributed by atoms with E-state index in [0.29, 0.717) is 0 Å². The van der Waals surface area contributed by atoms with Crippen LogP contribution < -0.4 is 4.72 Å². The highest BCUT2D eigenvalue weighted by molar-refractivity contribution is 7.89. The summed E-state index contributed by atoms with van der Waals surface area (Å²) in [5.74, 6) is -1.06. The van der Waals surface area contributed by atoms with E-state index in [1.54, 1.807) is 7.05 Å². The van der Waals surface area contributed by atoms with Gasteiger partial charge in [-0.1, -0.05) is 0 Å². The number of aliphatic carboxylic acids is 1. The van der Waals surface area contributed by atoms with E-state index in [9.17, 15) is 13.2 Å². The van der Waals surface area contributed by atoms with Crippen molar-refractivity contribution in [2.75, 3.05) is 13.7 Å². The Morgan fingerprint density at radius 2 is 2.33 bits per heavy atom. The topological polar surface area (TPSA) is 111 Å². The Balaban J connectivity index is 2.64. The Bertz CT molecular complexity index is 510. The first-order valence-electron chi connectivity index (χ1n) is 5.07. The number of ether oxygens (including phenoxy) is 1. The fourth-order valence-electron chi connectivity index (χ4n) is 1.24. The summed E-state index contributed by atoms with van der Waals surface area (Å²) in [4.78, 5) is 14.2. The first kappa shape index (κ1) is 14.6. The summed E-state index contributed by atoms with van der Waals surface area (Å²) < 4.78 is 32.1. The molecule has 0 aromatic carbocycles. The molecule has 9 heteroatoms. The van der Waals surface area contributed by atoms with Gasteiger partial charge in [-0.25, -0.2) is 18.1 Å². The van der Waals surface area contributed by atoms with Crippen LogP contribution in [0.1, 0.15) is 6.42 Å². The molecular formula is C9H15N3O5S. The molecule has 1 aromatic rings. The summed E-state index contributed by atoms with van der Waals surface area (Å²) in [6.07, 6.45) is 1.71. The number of aryl methyl sites for hydroxylation is 1. The molecule has 0 bridgehead atoms. The maximum absolute atomic E-state index is 11.8. The van der Waals surface area contributed by atoms with Gasteiger partial charge in [0.15, 0.2) is 5.03 Å². The third kappa shape index (κ3) is 4.09. The molecule has 1 heterocycles. The Morgan fingerprint density at radius 1 is 1.67 bits per heavy atom. The Hall–Kier alpha value is -1.45. The van der Waals surface area contributed by atoms with Gasteiger partial charge in [-0.05, 0) is 0 Å². The molecule has 18 heavy (non-hydrogen) atoms. The lowest BCUT2D eigenvalue weighted by Gasteiger charge is -2.13. The zero-order valence-electron chi connectivity index (χ0n) is 10.0. The average molecular weight is 277 g/mol. The van der Waals surface area contributed by atoms with Gasteiger partial charge in [-0.2, -0.15) is 0 Å². The van der Waals surface area contributed by atoms with Gasteiger partial charge in [0.25, 0.3) is 10.0 Å².